The lowest BCUT2D eigenvalue weighted by atomic mass is 9.93. The van der Waals surface area contributed by atoms with E-state index in [9.17, 15) is 0 Å². The van der Waals surface area contributed by atoms with Gasteiger partial charge in [0.2, 0.25) is 0 Å². The minimum atomic E-state index is 0.683. The predicted octanol–water partition coefficient (Wildman–Crippen LogP) is 13.5. The van der Waals surface area contributed by atoms with Crippen LogP contribution in [0.5, 0.6) is 0 Å². The molecule has 0 unspecified atom stereocenters. The molecule has 0 radical (unpaired) electrons. The zero-order chi connectivity index (χ0) is 35.1. The molecule has 8 aromatic carbocycles. The maximum atomic E-state index is 6.19. The number of rotatable bonds is 6. The zero-order valence-corrected chi connectivity index (χ0v) is 28.8. The number of hydrogen-bond donors (Lipinski definition) is 0. The SMILES string of the molecule is c1ccc(-c2cc(-c3ccc4oc5ccccc5c4c3)cc(-c3cc(-c4cccc5ccccc45)nc(-c4ccccc4-c4ccccc4)n3)c2)cc1. The van der Waals surface area contributed by atoms with Crippen molar-refractivity contribution in [2.75, 3.05) is 0 Å². The second-order valence-corrected chi connectivity index (χ2v) is 13.4. The van der Waals surface area contributed by atoms with Crippen molar-refractivity contribution in [2.24, 2.45) is 0 Å². The molecule has 2 heterocycles. The highest BCUT2D eigenvalue weighted by Gasteiger charge is 2.17. The molecule has 53 heavy (non-hydrogen) atoms. The Morgan fingerprint density at radius 2 is 0.887 bits per heavy atom. The number of para-hydroxylation sites is 1. The van der Waals surface area contributed by atoms with E-state index in [1.165, 1.54) is 5.39 Å². The molecule has 2 aromatic heterocycles. The predicted molar refractivity (Wildman–Crippen MR) is 219 cm³/mol. The quantitative estimate of drug-likeness (QED) is 0.176. The van der Waals surface area contributed by atoms with Gasteiger partial charge in [0, 0.05) is 27.5 Å². The van der Waals surface area contributed by atoms with Crippen LogP contribution < -0.4 is 0 Å². The summed E-state index contributed by atoms with van der Waals surface area (Å²) in [5.41, 5.74) is 13.3. The van der Waals surface area contributed by atoms with Crippen LogP contribution in [0, 0.1) is 0 Å². The summed E-state index contributed by atoms with van der Waals surface area (Å²) in [4.78, 5) is 10.7. The maximum Gasteiger partial charge on any atom is 0.161 e. The average molecular weight is 677 g/mol. The Labute approximate surface area is 307 Å². The molecule has 0 atom stereocenters. The van der Waals surface area contributed by atoms with Crippen molar-refractivity contribution >= 4 is 32.7 Å². The first kappa shape index (κ1) is 30.7. The number of benzene rings is 8. The van der Waals surface area contributed by atoms with Crippen molar-refractivity contribution in [3.8, 4) is 67.3 Å². The molecule has 0 amide bonds. The molecule has 0 saturated heterocycles. The van der Waals surface area contributed by atoms with Crippen molar-refractivity contribution in [3.05, 3.63) is 194 Å². The third kappa shape index (κ3) is 5.65. The van der Waals surface area contributed by atoms with Crippen molar-refractivity contribution < 1.29 is 4.42 Å². The Morgan fingerprint density at radius 3 is 1.72 bits per heavy atom. The van der Waals surface area contributed by atoms with E-state index in [2.05, 4.69) is 176 Å². The lowest BCUT2D eigenvalue weighted by Gasteiger charge is -2.15. The average Bonchev–Trinajstić information content (AvgIpc) is 3.62. The summed E-state index contributed by atoms with van der Waals surface area (Å²) in [5.74, 6) is 0.683. The van der Waals surface area contributed by atoms with E-state index >= 15 is 0 Å². The molecule has 248 valence electrons. The summed E-state index contributed by atoms with van der Waals surface area (Å²) < 4.78 is 6.19. The van der Waals surface area contributed by atoms with E-state index < -0.39 is 0 Å². The van der Waals surface area contributed by atoms with Crippen LogP contribution in [0.25, 0.3) is 100.0 Å². The number of hydrogen-bond acceptors (Lipinski definition) is 3. The van der Waals surface area contributed by atoms with Gasteiger partial charge in [0.15, 0.2) is 5.82 Å². The van der Waals surface area contributed by atoms with Crippen molar-refractivity contribution in [1.29, 1.82) is 0 Å². The molecule has 10 rings (SSSR count). The number of furan rings is 1. The fraction of sp³-hybridized carbons (Fsp3) is 0. The molecular formula is C50H32N2O. The second kappa shape index (κ2) is 12.9. The molecule has 10 aromatic rings. The summed E-state index contributed by atoms with van der Waals surface area (Å²) in [6.45, 7) is 0. The third-order valence-corrected chi connectivity index (χ3v) is 10.1. The fourth-order valence-electron chi connectivity index (χ4n) is 7.49. The molecule has 3 nitrogen and oxygen atoms in total. The van der Waals surface area contributed by atoms with Gasteiger partial charge in [-0.15, -0.1) is 0 Å². The number of fused-ring (bicyclic) bond motifs is 4. The summed E-state index contributed by atoms with van der Waals surface area (Å²) in [7, 11) is 0. The van der Waals surface area contributed by atoms with Crippen LogP contribution in [0.2, 0.25) is 0 Å². The lowest BCUT2D eigenvalue weighted by Crippen LogP contribution is -1.98. The van der Waals surface area contributed by atoms with E-state index in [0.29, 0.717) is 5.82 Å². The minimum Gasteiger partial charge on any atom is -0.456 e. The summed E-state index contributed by atoms with van der Waals surface area (Å²) in [6.07, 6.45) is 0. The molecule has 0 saturated carbocycles. The first-order valence-corrected chi connectivity index (χ1v) is 17.9. The standard InChI is InChI=1S/C50H32N2O/c1-3-14-33(15-4-1)37-28-38(36-26-27-49-45(31-36)43-22-11-12-25-48(43)53-49)30-39(29-37)46-32-47(42-24-13-19-35-18-7-8-20-40(35)42)52-50(51-46)44-23-10-9-21-41(44)34-16-5-2-6-17-34/h1-32H. The van der Waals surface area contributed by atoms with Gasteiger partial charge in [0.1, 0.15) is 11.2 Å². The van der Waals surface area contributed by atoms with Crippen LogP contribution >= 0.6 is 0 Å². The number of nitrogens with zero attached hydrogens (tertiary/aromatic N) is 2. The third-order valence-electron chi connectivity index (χ3n) is 10.1. The highest BCUT2D eigenvalue weighted by molar-refractivity contribution is 6.06. The fourth-order valence-corrected chi connectivity index (χ4v) is 7.49. The topological polar surface area (TPSA) is 38.9 Å². The highest BCUT2D eigenvalue weighted by Crippen LogP contribution is 2.39. The summed E-state index contributed by atoms with van der Waals surface area (Å²) in [5, 5.41) is 4.54. The Bertz CT molecular complexity index is 2940. The number of aromatic nitrogens is 2. The summed E-state index contributed by atoms with van der Waals surface area (Å²) in [6, 6.07) is 68.1. The van der Waals surface area contributed by atoms with Crippen molar-refractivity contribution in [3.63, 3.8) is 0 Å². The molecular weight excluding hydrogens is 645 g/mol. The smallest absolute Gasteiger partial charge is 0.161 e. The second-order valence-electron chi connectivity index (χ2n) is 13.4. The molecule has 0 aliphatic rings. The van der Waals surface area contributed by atoms with E-state index in [1.807, 2.05) is 18.2 Å². The Morgan fingerprint density at radius 1 is 0.302 bits per heavy atom. The normalized spacial score (nSPS) is 11.4. The molecule has 0 spiro atoms. The van der Waals surface area contributed by atoms with Crippen LogP contribution in [-0.4, -0.2) is 9.97 Å². The monoisotopic (exact) mass is 676 g/mol. The van der Waals surface area contributed by atoms with Crippen molar-refractivity contribution in [2.45, 2.75) is 0 Å². The highest BCUT2D eigenvalue weighted by atomic mass is 16.3. The van der Waals surface area contributed by atoms with Crippen LogP contribution in [-0.2, 0) is 0 Å². The van der Waals surface area contributed by atoms with Crippen LogP contribution in [0.3, 0.4) is 0 Å². The van der Waals surface area contributed by atoms with Gasteiger partial charge in [-0.25, -0.2) is 9.97 Å². The van der Waals surface area contributed by atoms with Gasteiger partial charge < -0.3 is 4.42 Å². The Balaban J connectivity index is 1.23. The Hall–Kier alpha value is -7.10. The molecule has 0 aliphatic carbocycles. The molecule has 0 fully saturated rings. The maximum absolute atomic E-state index is 6.19. The Kier molecular flexibility index (Phi) is 7.47. The van der Waals surface area contributed by atoms with Crippen LogP contribution in [0.1, 0.15) is 0 Å². The van der Waals surface area contributed by atoms with Gasteiger partial charge >= 0.3 is 0 Å². The van der Waals surface area contributed by atoms with Gasteiger partial charge in [-0.2, -0.15) is 0 Å². The molecule has 0 bridgehead atoms. The minimum absolute atomic E-state index is 0.683. The van der Waals surface area contributed by atoms with Gasteiger partial charge in [-0.3, -0.25) is 0 Å². The van der Waals surface area contributed by atoms with Crippen molar-refractivity contribution in [1.82, 2.24) is 9.97 Å². The van der Waals surface area contributed by atoms with Gasteiger partial charge in [0.05, 0.1) is 11.4 Å². The van der Waals surface area contributed by atoms with Gasteiger partial charge in [-0.05, 0) is 86.6 Å². The largest absolute Gasteiger partial charge is 0.456 e. The van der Waals surface area contributed by atoms with Crippen LogP contribution in [0.4, 0.5) is 0 Å². The molecule has 0 aliphatic heterocycles. The lowest BCUT2D eigenvalue weighted by molar-refractivity contribution is 0.669. The van der Waals surface area contributed by atoms with Gasteiger partial charge in [0.25, 0.3) is 0 Å². The molecule has 3 heteroatoms. The first-order valence-electron chi connectivity index (χ1n) is 17.9. The van der Waals surface area contributed by atoms with E-state index in [0.717, 1.165) is 88.8 Å². The van der Waals surface area contributed by atoms with Gasteiger partial charge in [-0.1, -0.05) is 152 Å². The summed E-state index contributed by atoms with van der Waals surface area (Å²) >= 11 is 0. The molecule has 0 N–H and O–H groups in total. The zero-order valence-electron chi connectivity index (χ0n) is 28.8. The van der Waals surface area contributed by atoms with Crippen LogP contribution in [0.15, 0.2) is 199 Å². The first-order chi connectivity index (χ1) is 26.2. The van der Waals surface area contributed by atoms with E-state index in [4.69, 9.17) is 14.4 Å². The van der Waals surface area contributed by atoms with E-state index in [-0.39, 0.29) is 0 Å². The van der Waals surface area contributed by atoms with E-state index in [1.54, 1.807) is 0 Å².